The van der Waals surface area contributed by atoms with Crippen molar-refractivity contribution in [3.8, 4) is 11.3 Å². The molecule has 1 aliphatic heterocycles. The summed E-state index contributed by atoms with van der Waals surface area (Å²) in [7, 11) is 3.49. The molecule has 36 heavy (non-hydrogen) atoms. The Kier molecular flexibility index (Phi) is 9.97. The van der Waals surface area contributed by atoms with E-state index in [9.17, 15) is 13.2 Å². The predicted octanol–water partition coefficient (Wildman–Crippen LogP) is 5.36. The van der Waals surface area contributed by atoms with Crippen LogP contribution in [0.5, 0.6) is 0 Å². The van der Waals surface area contributed by atoms with Crippen LogP contribution in [0.15, 0.2) is 34.6 Å². The molecule has 1 fully saturated rings. The summed E-state index contributed by atoms with van der Waals surface area (Å²) < 4.78 is 35.9. The topological polar surface area (TPSA) is 95.1 Å². The standard InChI is InChI=1S/C21H28FN9.C3H6F2/c1-14-17(28-24-3)4-5-18(25-14)16-8-12-31-19(16)20(23-2)27-21(29-31)26-15-6-10-30(11-7-15)13-9-22;1-2-3(4)5/h4-5,8,12,15H,6-7,9-11,13H2,1-3H3,(H2,23,26,27,29);3H,2H2,1H3. The minimum absolute atomic E-state index is 0.0278. The fourth-order valence-corrected chi connectivity index (χ4v) is 3.99. The maximum Gasteiger partial charge on any atom is 0.243 e. The summed E-state index contributed by atoms with van der Waals surface area (Å²) in [6.45, 7) is 5.36. The van der Waals surface area contributed by atoms with Crippen LogP contribution in [0.2, 0.25) is 0 Å². The summed E-state index contributed by atoms with van der Waals surface area (Å²) in [6, 6.07) is 6.12. The molecule has 4 rings (SSSR count). The highest BCUT2D eigenvalue weighted by molar-refractivity contribution is 5.87. The normalized spacial score (nSPS) is 14.9. The van der Waals surface area contributed by atoms with Crippen molar-refractivity contribution in [3.05, 3.63) is 30.1 Å². The third kappa shape index (κ3) is 6.90. The molecule has 3 aromatic rings. The first-order chi connectivity index (χ1) is 17.4. The van der Waals surface area contributed by atoms with Gasteiger partial charge in [-0.15, -0.1) is 5.10 Å². The van der Waals surface area contributed by atoms with Gasteiger partial charge in [-0.1, -0.05) is 6.92 Å². The van der Waals surface area contributed by atoms with Crippen LogP contribution < -0.4 is 10.6 Å². The van der Waals surface area contributed by atoms with Crippen molar-refractivity contribution in [2.75, 3.05) is 51.0 Å². The molecule has 0 unspecified atom stereocenters. The minimum atomic E-state index is -2.12. The Morgan fingerprint density at radius 3 is 2.47 bits per heavy atom. The van der Waals surface area contributed by atoms with E-state index in [2.05, 4.69) is 30.9 Å². The molecule has 0 radical (unpaired) electrons. The monoisotopic (exact) mass is 505 g/mol. The Balaban J connectivity index is 0.000000658. The van der Waals surface area contributed by atoms with Gasteiger partial charge < -0.3 is 15.5 Å². The lowest BCUT2D eigenvalue weighted by Crippen LogP contribution is -2.40. The van der Waals surface area contributed by atoms with E-state index in [0.29, 0.717) is 12.5 Å². The van der Waals surface area contributed by atoms with Gasteiger partial charge >= 0.3 is 0 Å². The van der Waals surface area contributed by atoms with Gasteiger partial charge in [0.05, 0.1) is 11.4 Å². The lowest BCUT2D eigenvalue weighted by molar-refractivity contribution is 0.144. The number of aryl methyl sites for hydroxylation is 1. The maximum atomic E-state index is 12.6. The fourth-order valence-electron chi connectivity index (χ4n) is 3.99. The van der Waals surface area contributed by atoms with Gasteiger partial charge in [-0.05, 0) is 38.0 Å². The molecular formula is C24H34F3N9. The second-order valence-electron chi connectivity index (χ2n) is 8.41. The highest BCUT2D eigenvalue weighted by Gasteiger charge is 2.21. The van der Waals surface area contributed by atoms with Crippen molar-refractivity contribution < 1.29 is 13.2 Å². The molecule has 4 heterocycles. The zero-order valence-electron chi connectivity index (χ0n) is 21.2. The summed E-state index contributed by atoms with van der Waals surface area (Å²) in [4.78, 5) is 11.6. The number of hydrogen-bond donors (Lipinski definition) is 2. The second kappa shape index (κ2) is 13.1. The van der Waals surface area contributed by atoms with Crippen molar-refractivity contribution >= 4 is 23.0 Å². The van der Waals surface area contributed by atoms with E-state index in [1.165, 1.54) is 6.92 Å². The third-order valence-corrected chi connectivity index (χ3v) is 5.92. The highest BCUT2D eigenvalue weighted by atomic mass is 19.3. The van der Waals surface area contributed by atoms with Crippen LogP contribution in [0.4, 0.5) is 30.6 Å². The minimum Gasteiger partial charge on any atom is -0.371 e. The number of rotatable bonds is 8. The number of nitrogens with zero attached hydrogens (tertiary/aromatic N) is 7. The van der Waals surface area contributed by atoms with Gasteiger partial charge in [-0.2, -0.15) is 15.2 Å². The number of piperidine rings is 1. The zero-order valence-corrected chi connectivity index (χ0v) is 21.2. The van der Waals surface area contributed by atoms with Gasteiger partial charge in [0, 0.05) is 58.0 Å². The Morgan fingerprint density at radius 2 is 1.89 bits per heavy atom. The van der Waals surface area contributed by atoms with E-state index in [0.717, 1.165) is 59.9 Å². The number of likely N-dealkylation sites (tertiary alicyclic amines) is 1. The Labute approximate surface area is 209 Å². The first-order valence-corrected chi connectivity index (χ1v) is 12.1. The molecule has 1 saturated heterocycles. The molecule has 0 aromatic carbocycles. The van der Waals surface area contributed by atoms with E-state index in [4.69, 9.17) is 9.97 Å². The van der Waals surface area contributed by atoms with E-state index in [1.54, 1.807) is 7.05 Å². The SMILES string of the molecule is CCC(F)F.CN=Nc1ccc(-c2ccn3nc(NC4CCN(CCF)CC4)nc(NC)c23)nc1C. The lowest BCUT2D eigenvalue weighted by atomic mass is 10.1. The first kappa shape index (κ1) is 27.3. The maximum absolute atomic E-state index is 12.6. The molecule has 0 atom stereocenters. The number of fused-ring (bicyclic) bond motifs is 1. The van der Waals surface area contributed by atoms with Crippen molar-refractivity contribution in [2.45, 2.75) is 45.6 Å². The number of alkyl halides is 3. The first-order valence-electron chi connectivity index (χ1n) is 12.1. The number of nitrogens with one attached hydrogen (secondary N) is 2. The van der Waals surface area contributed by atoms with Gasteiger partial charge in [0.25, 0.3) is 0 Å². The average molecular weight is 506 g/mol. The summed E-state index contributed by atoms with van der Waals surface area (Å²) >= 11 is 0. The smallest absolute Gasteiger partial charge is 0.243 e. The number of halogens is 3. The molecule has 3 aromatic heterocycles. The van der Waals surface area contributed by atoms with Gasteiger partial charge in [0.2, 0.25) is 12.4 Å². The van der Waals surface area contributed by atoms with Crippen LogP contribution in [0.3, 0.4) is 0 Å². The molecular weight excluding hydrogens is 471 g/mol. The van der Waals surface area contributed by atoms with Crippen molar-refractivity contribution in [1.29, 1.82) is 0 Å². The molecule has 0 aliphatic carbocycles. The molecule has 0 amide bonds. The summed E-state index contributed by atoms with van der Waals surface area (Å²) in [6.07, 6.45) is 1.66. The molecule has 0 saturated carbocycles. The van der Waals surface area contributed by atoms with E-state index < -0.39 is 6.43 Å². The van der Waals surface area contributed by atoms with Crippen LogP contribution in [-0.4, -0.2) is 77.4 Å². The van der Waals surface area contributed by atoms with Gasteiger partial charge in [0.1, 0.15) is 17.9 Å². The molecule has 0 bridgehead atoms. The Bertz CT molecular complexity index is 1140. The summed E-state index contributed by atoms with van der Waals surface area (Å²) in [5.41, 5.74) is 4.20. The molecule has 196 valence electrons. The predicted molar refractivity (Wildman–Crippen MR) is 136 cm³/mol. The van der Waals surface area contributed by atoms with Crippen molar-refractivity contribution in [2.24, 2.45) is 10.2 Å². The number of aromatic nitrogens is 4. The van der Waals surface area contributed by atoms with Crippen LogP contribution in [0.25, 0.3) is 16.8 Å². The van der Waals surface area contributed by atoms with Crippen molar-refractivity contribution in [3.63, 3.8) is 0 Å². The molecule has 1 aliphatic rings. The van der Waals surface area contributed by atoms with Gasteiger partial charge in [-0.3, -0.25) is 4.98 Å². The van der Waals surface area contributed by atoms with Crippen molar-refractivity contribution in [1.82, 2.24) is 24.5 Å². The van der Waals surface area contributed by atoms with Crippen LogP contribution in [0, 0.1) is 6.92 Å². The lowest BCUT2D eigenvalue weighted by Gasteiger charge is -2.31. The number of hydrogen-bond acceptors (Lipinski definition) is 8. The Hall–Kier alpha value is -3.28. The summed E-state index contributed by atoms with van der Waals surface area (Å²) in [5, 5.41) is 19.2. The van der Waals surface area contributed by atoms with E-state index >= 15 is 0 Å². The van der Waals surface area contributed by atoms with E-state index in [1.807, 2.05) is 42.9 Å². The second-order valence-corrected chi connectivity index (χ2v) is 8.41. The van der Waals surface area contributed by atoms with Crippen LogP contribution >= 0.6 is 0 Å². The number of anilines is 2. The average Bonchev–Trinajstić information content (AvgIpc) is 3.30. The van der Waals surface area contributed by atoms with Gasteiger partial charge in [0.15, 0.2) is 5.82 Å². The number of azo groups is 1. The van der Waals surface area contributed by atoms with Crippen LogP contribution in [0.1, 0.15) is 31.9 Å². The molecule has 2 N–H and O–H groups in total. The molecule has 0 spiro atoms. The fraction of sp³-hybridized carbons (Fsp3) is 0.542. The zero-order chi connectivity index (χ0) is 26.1. The summed E-state index contributed by atoms with van der Waals surface area (Å²) in [5.74, 6) is 1.30. The van der Waals surface area contributed by atoms with E-state index in [-0.39, 0.29) is 19.1 Å². The molecule has 9 nitrogen and oxygen atoms in total. The highest BCUT2D eigenvalue weighted by Crippen LogP contribution is 2.31. The largest absolute Gasteiger partial charge is 0.371 e. The number of pyridine rings is 1. The third-order valence-electron chi connectivity index (χ3n) is 5.92. The Morgan fingerprint density at radius 1 is 1.17 bits per heavy atom. The quantitative estimate of drug-likeness (QED) is 0.400. The van der Waals surface area contributed by atoms with Gasteiger partial charge in [-0.25, -0.2) is 17.7 Å². The molecule has 12 heteroatoms. The van der Waals surface area contributed by atoms with Crippen LogP contribution in [-0.2, 0) is 0 Å².